The van der Waals surface area contributed by atoms with Gasteiger partial charge in [-0.05, 0) is 12.8 Å². The third kappa shape index (κ3) is 13.0. The van der Waals surface area contributed by atoms with Crippen molar-refractivity contribution in [2.75, 3.05) is 0 Å². The highest BCUT2D eigenvalue weighted by Gasteiger charge is 2.16. The maximum absolute atomic E-state index is 12.0. The zero-order valence-electron chi connectivity index (χ0n) is 15.1. The second kappa shape index (κ2) is 16.7. The molecule has 0 rings (SSSR count). The zero-order chi connectivity index (χ0) is 16.5. The molecule has 0 saturated heterocycles. The quantitative estimate of drug-likeness (QED) is 0.180. The largest absolute Gasteiger partial charge is 0.303 e. The summed E-state index contributed by atoms with van der Waals surface area (Å²) in [6.07, 6.45) is 18.1. The lowest BCUT2D eigenvalue weighted by Gasteiger charge is -2.09. The fourth-order valence-corrected chi connectivity index (χ4v) is 2.89. The molecule has 0 aliphatic carbocycles. The molecule has 0 spiro atoms. The van der Waals surface area contributed by atoms with Crippen molar-refractivity contribution in [2.45, 2.75) is 110 Å². The summed E-state index contributed by atoms with van der Waals surface area (Å²) >= 11 is 0. The maximum atomic E-state index is 12.0. The Morgan fingerprint density at radius 2 is 1.18 bits per heavy atom. The minimum Gasteiger partial charge on any atom is -0.303 e. The second-order valence-corrected chi connectivity index (χ2v) is 6.64. The van der Waals surface area contributed by atoms with Crippen LogP contribution in [0, 0.1) is 5.92 Å². The van der Waals surface area contributed by atoms with Crippen LogP contribution in [0.15, 0.2) is 0 Å². The zero-order valence-corrected chi connectivity index (χ0v) is 15.1. The summed E-state index contributed by atoms with van der Waals surface area (Å²) in [6.45, 7) is 4.44. The van der Waals surface area contributed by atoms with E-state index in [-0.39, 0.29) is 11.7 Å². The van der Waals surface area contributed by atoms with Crippen LogP contribution >= 0.6 is 0 Å². The SMILES string of the molecule is CCCCCCCCCC(=O)C(C=O)CCCCCCCC. The predicted molar refractivity (Wildman–Crippen MR) is 95.2 cm³/mol. The Morgan fingerprint density at radius 1 is 0.727 bits per heavy atom. The summed E-state index contributed by atoms with van der Waals surface area (Å²) in [6, 6.07) is 0. The fourth-order valence-electron chi connectivity index (χ4n) is 2.89. The lowest BCUT2D eigenvalue weighted by Crippen LogP contribution is -2.15. The number of carbonyl (C=O) groups is 2. The molecule has 0 aromatic carbocycles. The molecule has 0 aromatic rings. The minimum absolute atomic E-state index is 0.178. The third-order valence-electron chi connectivity index (χ3n) is 4.47. The van der Waals surface area contributed by atoms with Crippen molar-refractivity contribution in [1.82, 2.24) is 0 Å². The molecule has 0 radical (unpaired) electrons. The second-order valence-electron chi connectivity index (χ2n) is 6.64. The van der Waals surface area contributed by atoms with E-state index in [2.05, 4.69) is 13.8 Å². The lowest BCUT2D eigenvalue weighted by atomic mass is 9.94. The van der Waals surface area contributed by atoms with Crippen molar-refractivity contribution in [3.8, 4) is 0 Å². The molecule has 1 unspecified atom stereocenters. The van der Waals surface area contributed by atoms with E-state index in [0.29, 0.717) is 6.42 Å². The molecule has 2 nitrogen and oxygen atoms in total. The van der Waals surface area contributed by atoms with E-state index in [0.717, 1.165) is 38.4 Å². The van der Waals surface area contributed by atoms with E-state index in [1.165, 1.54) is 57.8 Å². The molecule has 22 heavy (non-hydrogen) atoms. The van der Waals surface area contributed by atoms with Crippen LogP contribution in [0.25, 0.3) is 0 Å². The van der Waals surface area contributed by atoms with Gasteiger partial charge in [0.2, 0.25) is 0 Å². The van der Waals surface area contributed by atoms with Crippen LogP contribution in [0.2, 0.25) is 0 Å². The van der Waals surface area contributed by atoms with Gasteiger partial charge in [0.1, 0.15) is 12.1 Å². The fraction of sp³-hybridized carbons (Fsp3) is 0.900. The van der Waals surface area contributed by atoms with Crippen molar-refractivity contribution < 1.29 is 9.59 Å². The van der Waals surface area contributed by atoms with Crippen molar-refractivity contribution in [3.63, 3.8) is 0 Å². The lowest BCUT2D eigenvalue weighted by molar-refractivity contribution is -0.127. The number of Topliss-reactive ketones (excluding diaryl/α,β-unsaturated/α-hetero) is 1. The third-order valence-corrected chi connectivity index (χ3v) is 4.47. The average Bonchev–Trinajstić information content (AvgIpc) is 2.53. The maximum Gasteiger partial charge on any atom is 0.143 e. The first-order chi connectivity index (χ1) is 10.8. The molecule has 0 amide bonds. The van der Waals surface area contributed by atoms with Crippen LogP contribution in [-0.2, 0) is 9.59 Å². The number of carbonyl (C=O) groups excluding carboxylic acids is 2. The standard InChI is InChI=1S/C20H38O2/c1-3-5-7-9-11-13-15-17-20(22)19(18-21)16-14-12-10-8-6-4-2/h18-19H,3-17H2,1-2H3. The van der Waals surface area contributed by atoms with Crippen molar-refractivity contribution >= 4 is 12.1 Å². The first kappa shape index (κ1) is 21.3. The number of aldehydes is 1. The van der Waals surface area contributed by atoms with Gasteiger partial charge in [-0.1, -0.05) is 90.9 Å². The summed E-state index contributed by atoms with van der Waals surface area (Å²) < 4.78 is 0. The van der Waals surface area contributed by atoms with E-state index in [9.17, 15) is 9.59 Å². The Morgan fingerprint density at radius 3 is 1.68 bits per heavy atom. The first-order valence-corrected chi connectivity index (χ1v) is 9.74. The summed E-state index contributed by atoms with van der Waals surface area (Å²) in [5, 5.41) is 0. The van der Waals surface area contributed by atoms with Crippen LogP contribution in [0.1, 0.15) is 110 Å². The molecule has 0 fully saturated rings. The van der Waals surface area contributed by atoms with Crippen molar-refractivity contribution in [3.05, 3.63) is 0 Å². The predicted octanol–water partition coefficient (Wildman–Crippen LogP) is 6.26. The number of unbranched alkanes of at least 4 members (excludes halogenated alkanes) is 11. The summed E-state index contributed by atoms with van der Waals surface area (Å²) in [5.74, 6) is -0.150. The average molecular weight is 311 g/mol. The van der Waals surface area contributed by atoms with Crippen LogP contribution in [-0.4, -0.2) is 12.1 Å². The molecule has 0 heterocycles. The number of rotatable bonds is 17. The van der Waals surface area contributed by atoms with Crippen LogP contribution in [0.4, 0.5) is 0 Å². The van der Waals surface area contributed by atoms with Gasteiger partial charge >= 0.3 is 0 Å². The van der Waals surface area contributed by atoms with Crippen molar-refractivity contribution in [1.29, 1.82) is 0 Å². The molecule has 1 atom stereocenters. The van der Waals surface area contributed by atoms with E-state index < -0.39 is 0 Å². The van der Waals surface area contributed by atoms with Gasteiger partial charge in [0.15, 0.2) is 0 Å². The van der Waals surface area contributed by atoms with Crippen LogP contribution in [0.5, 0.6) is 0 Å². The monoisotopic (exact) mass is 310 g/mol. The summed E-state index contributed by atoms with van der Waals surface area (Å²) in [4.78, 5) is 23.1. The van der Waals surface area contributed by atoms with Gasteiger partial charge in [-0.2, -0.15) is 0 Å². The van der Waals surface area contributed by atoms with Gasteiger partial charge in [0, 0.05) is 6.42 Å². The molecular weight excluding hydrogens is 272 g/mol. The Balaban J connectivity index is 3.57. The Hall–Kier alpha value is -0.660. The Kier molecular flexibility index (Phi) is 16.2. The first-order valence-electron chi connectivity index (χ1n) is 9.74. The van der Waals surface area contributed by atoms with Gasteiger partial charge in [-0.25, -0.2) is 0 Å². The number of hydrogen-bond donors (Lipinski definition) is 0. The molecule has 2 heteroatoms. The van der Waals surface area contributed by atoms with Gasteiger partial charge in [0.05, 0.1) is 5.92 Å². The Bertz CT molecular complexity index is 260. The molecule has 0 aromatic heterocycles. The molecule has 0 bridgehead atoms. The molecule has 0 N–H and O–H groups in total. The Labute approximate surface area is 138 Å². The highest BCUT2D eigenvalue weighted by Crippen LogP contribution is 2.15. The van der Waals surface area contributed by atoms with Crippen LogP contribution < -0.4 is 0 Å². The smallest absolute Gasteiger partial charge is 0.143 e. The number of ketones is 1. The van der Waals surface area contributed by atoms with E-state index in [1.807, 2.05) is 0 Å². The van der Waals surface area contributed by atoms with Gasteiger partial charge < -0.3 is 4.79 Å². The van der Waals surface area contributed by atoms with Crippen LogP contribution in [0.3, 0.4) is 0 Å². The summed E-state index contributed by atoms with van der Waals surface area (Å²) in [7, 11) is 0. The topological polar surface area (TPSA) is 34.1 Å². The van der Waals surface area contributed by atoms with Gasteiger partial charge in [-0.3, -0.25) is 4.79 Å². The molecule has 0 aliphatic rings. The van der Waals surface area contributed by atoms with E-state index in [1.54, 1.807) is 0 Å². The van der Waals surface area contributed by atoms with Gasteiger partial charge in [0.25, 0.3) is 0 Å². The minimum atomic E-state index is -0.328. The molecule has 0 aliphatic heterocycles. The normalized spacial score (nSPS) is 12.3. The molecular formula is C20H38O2. The van der Waals surface area contributed by atoms with Gasteiger partial charge in [-0.15, -0.1) is 0 Å². The highest BCUT2D eigenvalue weighted by atomic mass is 16.1. The highest BCUT2D eigenvalue weighted by molar-refractivity contribution is 5.93. The van der Waals surface area contributed by atoms with Crippen molar-refractivity contribution in [2.24, 2.45) is 5.92 Å². The molecule has 130 valence electrons. The van der Waals surface area contributed by atoms with E-state index >= 15 is 0 Å². The summed E-state index contributed by atoms with van der Waals surface area (Å²) in [5.41, 5.74) is 0. The molecule has 0 saturated carbocycles. The number of hydrogen-bond acceptors (Lipinski definition) is 2. The van der Waals surface area contributed by atoms with E-state index in [4.69, 9.17) is 0 Å².